The van der Waals surface area contributed by atoms with E-state index >= 15 is 4.79 Å². The van der Waals surface area contributed by atoms with Gasteiger partial charge in [0.25, 0.3) is 0 Å². The Morgan fingerprint density at radius 1 is 0.982 bits per heavy atom. The number of anilines is 2. The van der Waals surface area contributed by atoms with E-state index in [1.807, 2.05) is 31.2 Å². The van der Waals surface area contributed by atoms with Crippen molar-refractivity contribution in [2.45, 2.75) is 32.6 Å². The molecular weight excluding hydrogens is 791 g/mol. The van der Waals surface area contributed by atoms with Crippen molar-refractivity contribution in [2.75, 3.05) is 16.9 Å². The first-order valence-corrected chi connectivity index (χ1v) is 19.8. The number of phenolic OH excluding ortho intramolecular Hbond substituents is 1. The standard InChI is InChI=1S/C42H34Cl2N4O8S/c1-18-25-15-21(43)8-11-31(25)57-36(18)29-17-32(46(3)45-29)48-38(51)27-16-26-23(34(42(27,2)41(48)55)20-13-28(44)35(49)30(14-20)56-4)9-10-24-33(26)39(52)47(37(24)50)22-7-5-6-19(12-22)40(53)54/h5-9,11-15,17,24,26-27,33-34,49H,10,16H2,1-4H3,(H,53,54)/t24-,26+,27-,33-,34-,42+/m0/s1. The van der Waals surface area contributed by atoms with Crippen LogP contribution in [-0.2, 0) is 26.2 Å². The van der Waals surface area contributed by atoms with Crippen LogP contribution in [0.1, 0.15) is 47.2 Å². The minimum Gasteiger partial charge on any atom is -0.503 e. The van der Waals surface area contributed by atoms with Crippen molar-refractivity contribution in [2.24, 2.45) is 36.1 Å². The van der Waals surface area contributed by atoms with Gasteiger partial charge in [-0.2, -0.15) is 5.10 Å². The molecule has 6 atom stereocenters. The number of carboxylic acids is 1. The molecule has 4 heterocycles. The molecule has 0 unspecified atom stereocenters. The average Bonchev–Trinajstić information content (AvgIpc) is 3.85. The van der Waals surface area contributed by atoms with Crippen LogP contribution in [0, 0.1) is 36.0 Å². The predicted molar refractivity (Wildman–Crippen MR) is 214 cm³/mol. The molecule has 4 amide bonds. The van der Waals surface area contributed by atoms with Crippen LogP contribution in [0.2, 0.25) is 10.0 Å². The lowest BCUT2D eigenvalue weighted by molar-refractivity contribution is -0.131. The van der Waals surface area contributed by atoms with E-state index in [2.05, 4.69) is 0 Å². The summed E-state index contributed by atoms with van der Waals surface area (Å²) in [6.07, 6.45) is 2.16. The van der Waals surface area contributed by atoms with Crippen molar-refractivity contribution in [3.05, 3.63) is 99.0 Å². The highest BCUT2D eigenvalue weighted by Crippen LogP contribution is 2.64. The third kappa shape index (κ3) is 5.24. The summed E-state index contributed by atoms with van der Waals surface area (Å²) in [6.45, 7) is 3.73. The molecule has 9 rings (SSSR count). The summed E-state index contributed by atoms with van der Waals surface area (Å²) in [5.41, 5.74) is 1.40. The van der Waals surface area contributed by atoms with Gasteiger partial charge in [-0.15, -0.1) is 11.3 Å². The normalized spacial score (nSPS) is 25.5. The van der Waals surface area contributed by atoms with Crippen LogP contribution in [0.4, 0.5) is 11.5 Å². The van der Waals surface area contributed by atoms with E-state index in [4.69, 9.17) is 33.0 Å². The van der Waals surface area contributed by atoms with E-state index in [1.165, 1.54) is 52.3 Å². The maximum absolute atomic E-state index is 15.2. The number of fused-ring (bicyclic) bond motifs is 5. The van der Waals surface area contributed by atoms with Crippen LogP contribution in [0.5, 0.6) is 11.5 Å². The molecule has 2 aliphatic heterocycles. The highest BCUT2D eigenvalue weighted by Gasteiger charge is 2.68. The Bertz CT molecular complexity index is 2690. The molecular formula is C42H34Cl2N4O8S. The molecule has 2 N–H and O–H groups in total. The number of allylic oxidation sites excluding steroid dienone is 2. The van der Waals surface area contributed by atoms with Crippen molar-refractivity contribution >= 4 is 85.7 Å². The van der Waals surface area contributed by atoms with Crippen LogP contribution in [0.25, 0.3) is 20.7 Å². The van der Waals surface area contributed by atoms with Gasteiger partial charge in [-0.1, -0.05) is 40.9 Å². The Morgan fingerprint density at radius 3 is 2.49 bits per heavy atom. The zero-order chi connectivity index (χ0) is 40.4. The van der Waals surface area contributed by atoms with E-state index in [1.54, 1.807) is 32.2 Å². The number of aromatic hydroxyl groups is 1. The summed E-state index contributed by atoms with van der Waals surface area (Å²) in [5, 5.41) is 26.7. The van der Waals surface area contributed by atoms with Gasteiger partial charge in [-0.05, 0) is 97.7 Å². The number of benzene rings is 3. The van der Waals surface area contributed by atoms with Crippen LogP contribution < -0.4 is 14.5 Å². The van der Waals surface area contributed by atoms with Crippen LogP contribution in [0.15, 0.2) is 72.3 Å². The van der Waals surface area contributed by atoms with Gasteiger partial charge in [0.15, 0.2) is 11.5 Å². The summed E-state index contributed by atoms with van der Waals surface area (Å²) in [4.78, 5) is 73.6. The number of phenols is 1. The van der Waals surface area contributed by atoms with Gasteiger partial charge in [-0.3, -0.25) is 28.8 Å². The molecule has 3 fully saturated rings. The van der Waals surface area contributed by atoms with Gasteiger partial charge in [0.05, 0.1) is 51.4 Å². The Labute approximate surface area is 339 Å². The maximum Gasteiger partial charge on any atom is 0.335 e. The fourth-order valence-electron chi connectivity index (χ4n) is 9.78. The molecule has 12 nitrogen and oxygen atoms in total. The van der Waals surface area contributed by atoms with Crippen molar-refractivity contribution in [1.82, 2.24) is 9.78 Å². The lowest BCUT2D eigenvalue weighted by Crippen LogP contribution is -2.49. The van der Waals surface area contributed by atoms with E-state index in [-0.39, 0.29) is 46.4 Å². The Balaban J connectivity index is 1.17. The van der Waals surface area contributed by atoms with Crippen LogP contribution in [0.3, 0.4) is 0 Å². The maximum atomic E-state index is 15.2. The van der Waals surface area contributed by atoms with Crippen molar-refractivity contribution < 1.29 is 38.9 Å². The minimum absolute atomic E-state index is 0.0255. The fraction of sp³-hybridized carbons (Fsp3) is 0.286. The Morgan fingerprint density at radius 2 is 1.75 bits per heavy atom. The lowest BCUT2D eigenvalue weighted by atomic mass is 9.51. The number of carbonyl (C=O) groups excluding carboxylic acids is 4. The summed E-state index contributed by atoms with van der Waals surface area (Å²) in [7, 11) is 3.05. The summed E-state index contributed by atoms with van der Waals surface area (Å²) >= 11 is 14.4. The summed E-state index contributed by atoms with van der Waals surface area (Å²) in [5.74, 6) is -7.15. The number of methoxy groups -OCH3 is 1. The number of carboxylic acid groups (broad SMARTS) is 1. The molecule has 0 spiro atoms. The molecule has 3 aromatic carbocycles. The topological polar surface area (TPSA) is 159 Å². The van der Waals surface area contributed by atoms with Gasteiger partial charge in [0, 0.05) is 28.8 Å². The molecule has 15 heteroatoms. The third-order valence-electron chi connectivity index (χ3n) is 12.4. The second-order valence-electron chi connectivity index (χ2n) is 15.3. The number of carbonyl (C=O) groups is 5. The first-order chi connectivity index (χ1) is 27.1. The van der Waals surface area contributed by atoms with Crippen LogP contribution in [-0.4, -0.2) is 56.7 Å². The summed E-state index contributed by atoms with van der Waals surface area (Å²) < 4.78 is 8.01. The molecule has 290 valence electrons. The predicted octanol–water partition coefficient (Wildman–Crippen LogP) is 7.76. The number of hydrogen-bond acceptors (Lipinski definition) is 9. The molecule has 5 aromatic rings. The number of thiophene rings is 1. The molecule has 1 saturated carbocycles. The van der Waals surface area contributed by atoms with E-state index in [9.17, 15) is 29.4 Å². The minimum atomic E-state index is -1.41. The van der Waals surface area contributed by atoms with E-state index in [0.717, 1.165) is 25.4 Å². The second kappa shape index (κ2) is 13.0. The molecule has 2 saturated heterocycles. The number of aromatic nitrogens is 2. The Hall–Kier alpha value is -5.50. The quantitative estimate of drug-likeness (QED) is 0.129. The number of amides is 4. The van der Waals surface area contributed by atoms with E-state index < -0.39 is 64.6 Å². The smallest absolute Gasteiger partial charge is 0.335 e. The van der Waals surface area contributed by atoms with Crippen molar-refractivity contribution in [3.63, 3.8) is 0 Å². The van der Waals surface area contributed by atoms with Gasteiger partial charge in [0.1, 0.15) is 11.5 Å². The van der Waals surface area contributed by atoms with Crippen molar-refractivity contribution in [3.8, 4) is 22.1 Å². The first kappa shape index (κ1) is 37.1. The van der Waals surface area contributed by atoms with Crippen LogP contribution >= 0.6 is 34.5 Å². The molecule has 0 radical (unpaired) electrons. The van der Waals surface area contributed by atoms with E-state index in [0.29, 0.717) is 21.9 Å². The van der Waals surface area contributed by atoms with Gasteiger partial charge >= 0.3 is 5.97 Å². The molecule has 2 aromatic heterocycles. The lowest BCUT2D eigenvalue weighted by Gasteiger charge is -2.49. The van der Waals surface area contributed by atoms with Gasteiger partial charge in [-0.25, -0.2) is 9.69 Å². The summed E-state index contributed by atoms with van der Waals surface area (Å²) in [6, 6.07) is 16.2. The van der Waals surface area contributed by atoms with Gasteiger partial charge < -0.3 is 14.9 Å². The highest BCUT2D eigenvalue weighted by atomic mass is 35.5. The SMILES string of the molecule is COc1cc([C@H]2C3=CC[C@@H]4C(=O)N(c5cccc(C(=O)O)c5)C(=O)[C@@H]4[C@@H]3C[C@H]3C(=O)N(c4cc(-c5sc6ccc(Cl)cc6c5C)nn4C)C(=O)[C@@]23C)cc(Cl)c1O. The number of imide groups is 2. The first-order valence-electron chi connectivity index (χ1n) is 18.2. The average molecular weight is 826 g/mol. The number of nitrogens with zero attached hydrogens (tertiary/aromatic N) is 4. The molecule has 57 heavy (non-hydrogen) atoms. The zero-order valence-corrected chi connectivity index (χ0v) is 33.3. The zero-order valence-electron chi connectivity index (χ0n) is 30.9. The fourth-order valence-corrected chi connectivity index (χ4v) is 11.3. The number of ether oxygens (including phenoxy) is 1. The molecule has 2 aliphatic carbocycles. The Kier molecular flexibility index (Phi) is 8.47. The second-order valence-corrected chi connectivity index (χ2v) is 17.2. The number of aryl methyl sites for hydroxylation is 2. The highest BCUT2D eigenvalue weighted by molar-refractivity contribution is 7.22. The molecule has 4 aliphatic rings. The van der Waals surface area contributed by atoms with Crippen molar-refractivity contribution in [1.29, 1.82) is 0 Å². The number of hydrogen-bond donors (Lipinski definition) is 2. The third-order valence-corrected chi connectivity index (χ3v) is 14.3. The largest absolute Gasteiger partial charge is 0.503 e. The monoisotopic (exact) mass is 824 g/mol. The number of rotatable bonds is 6. The molecule has 0 bridgehead atoms. The number of aromatic carboxylic acids is 1. The van der Waals surface area contributed by atoms with Gasteiger partial charge in [0.2, 0.25) is 23.6 Å². The number of halogens is 2.